The number of ketones is 1. The van der Waals surface area contributed by atoms with Gasteiger partial charge < -0.3 is 4.74 Å². The molecule has 1 aromatic carbocycles. The number of rotatable bonds is 5. The molecular weight excluding hydrogens is 263 g/mol. The second kappa shape index (κ2) is 5.97. The molecule has 2 nitrogen and oxygen atoms in total. The molecule has 0 aliphatic carbocycles. The number of carbonyl (C=O) groups is 1. The average molecular weight is 278 g/mol. The normalized spacial score (nSPS) is 10.5. The van der Waals surface area contributed by atoms with E-state index in [1.54, 1.807) is 18.2 Å². The van der Waals surface area contributed by atoms with Gasteiger partial charge in [-0.05, 0) is 35.1 Å². The molecule has 0 amide bonds. The Morgan fingerprint density at radius 3 is 2.79 bits per heavy atom. The van der Waals surface area contributed by atoms with Crippen molar-refractivity contribution >= 4 is 17.1 Å². The predicted molar refractivity (Wildman–Crippen MR) is 74.7 cm³/mol. The molecule has 19 heavy (non-hydrogen) atoms. The Kier molecular flexibility index (Phi) is 4.32. The molecule has 1 heterocycles. The minimum atomic E-state index is -0.451. The standard InChI is InChI=1S/C15H15FO2S/c1-3-10-7-8-19-15(10)12(17)9-11-5-4-6-13(18-2)14(11)16/h4-8H,3,9H2,1-2H3. The van der Waals surface area contributed by atoms with Crippen molar-refractivity contribution < 1.29 is 13.9 Å². The zero-order valence-corrected chi connectivity index (χ0v) is 11.7. The van der Waals surface area contributed by atoms with Gasteiger partial charge in [-0.3, -0.25) is 4.79 Å². The molecule has 0 unspecified atom stereocenters. The molecule has 0 fully saturated rings. The molecule has 0 saturated heterocycles. The predicted octanol–water partition coefficient (Wildman–Crippen LogP) is 3.88. The van der Waals surface area contributed by atoms with Gasteiger partial charge in [0.15, 0.2) is 17.3 Å². The maximum Gasteiger partial charge on any atom is 0.177 e. The third-order valence-corrected chi connectivity index (χ3v) is 3.99. The van der Waals surface area contributed by atoms with E-state index in [0.29, 0.717) is 5.56 Å². The fourth-order valence-corrected chi connectivity index (χ4v) is 2.90. The van der Waals surface area contributed by atoms with E-state index in [4.69, 9.17) is 4.74 Å². The lowest BCUT2D eigenvalue weighted by Gasteiger charge is -2.07. The minimum Gasteiger partial charge on any atom is -0.494 e. The van der Waals surface area contributed by atoms with Crippen LogP contribution in [-0.4, -0.2) is 12.9 Å². The maximum atomic E-state index is 14.0. The summed E-state index contributed by atoms with van der Waals surface area (Å²) in [5.74, 6) is -0.320. The van der Waals surface area contributed by atoms with E-state index in [9.17, 15) is 9.18 Å². The van der Waals surface area contributed by atoms with Crippen LogP contribution >= 0.6 is 11.3 Å². The summed E-state index contributed by atoms with van der Waals surface area (Å²) in [5.41, 5.74) is 1.40. The molecule has 100 valence electrons. The van der Waals surface area contributed by atoms with Crippen molar-refractivity contribution in [2.75, 3.05) is 7.11 Å². The number of benzene rings is 1. The molecule has 1 aromatic heterocycles. The second-order valence-electron chi connectivity index (χ2n) is 4.16. The number of thiophene rings is 1. The van der Waals surface area contributed by atoms with E-state index in [-0.39, 0.29) is 18.0 Å². The third-order valence-electron chi connectivity index (χ3n) is 3.00. The lowest BCUT2D eigenvalue weighted by atomic mass is 10.0. The third kappa shape index (κ3) is 2.84. The largest absolute Gasteiger partial charge is 0.494 e. The van der Waals surface area contributed by atoms with Gasteiger partial charge in [-0.25, -0.2) is 4.39 Å². The molecule has 0 saturated carbocycles. The Labute approximate surface area is 115 Å². The first-order valence-electron chi connectivity index (χ1n) is 6.08. The number of Topliss-reactive ketones (excluding diaryl/α,β-unsaturated/α-hetero) is 1. The number of methoxy groups -OCH3 is 1. The van der Waals surface area contributed by atoms with Crippen molar-refractivity contribution in [1.29, 1.82) is 0 Å². The first-order valence-corrected chi connectivity index (χ1v) is 6.96. The summed E-state index contributed by atoms with van der Waals surface area (Å²) in [6.07, 6.45) is 0.877. The summed E-state index contributed by atoms with van der Waals surface area (Å²) < 4.78 is 18.9. The Hall–Kier alpha value is -1.68. The smallest absolute Gasteiger partial charge is 0.177 e. The summed E-state index contributed by atoms with van der Waals surface area (Å²) in [7, 11) is 1.42. The Balaban J connectivity index is 2.24. The molecule has 2 aromatic rings. The number of ether oxygens (including phenoxy) is 1. The highest BCUT2D eigenvalue weighted by atomic mass is 32.1. The average Bonchev–Trinajstić information content (AvgIpc) is 2.89. The van der Waals surface area contributed by atoms with Gasteiger partial charge in [-0.1, -0.05) is 19.1 Å². The Morgan fingerprint density at radius 1 is 1.32 bits per heavy atom. The van der Waals surface area contributed by atoms with Gasteiger partial charge in [-0.2, -0.15) is 0 Å². The van der Waals surface area contributed by atoms with Crippen LogP contribution < -0.4 is 4.74 Å². The van der Waals surface area contributed by atoms with Gasteiger partial charge in [0.05, 0.1) is 12.0 Å². The van der Waals surface area contributed by atoms with Crippen LogP contribution in [0.25, 0.3) is 0 Å². The van der Waals surface area contributed by atoms with Gasteiger partial charge >= 0.3 is 0 Å². The van der Waals surface area contributed by atoms with Crippen LogP contribution in [0.5, 0.6) is 5.75 Å². The maximum absolute atomic E-state index is 14.0. The highest BCUT2D eigenvalue weighted by Gasteiger charge is 2.16. The Bertz CT molecular complexity index is 590. The van der Waals surface area contributed by atoms with E-state index in [1.165, 1.54) is 18.4 Å². The molecule has 0 atom stereocenters. The SMILES string of the molecule is CCc1ccsc1C(=O)Cc1cccc(OC)c1F. The summed E-state index contributed by atoms with van der Waals surface area (Å²) in [4.78, 5) is 12.9. The van der Waals surface area contributed by atoms with Crippen molar-refractivity contribution in [3.05, 3.63) is 51.5 Å². The number of aryl methyl sites for hydroxylation is 1. The summed E-state index contributed by atoms with van der Waals surface area (Å²) in [6, 6.07) is 6.81. The fraction of sp³-hybridized carbons (Fsp3) is 0.267. The van der Waals surface area contributed by atoms with Gasteiger partial charge in [-0.15, -0.1) is 11.3 Å². The lowest BCUT2D eigenvalue weighted by molar-refractivity contribution is 0.0995. The van der Waals surface area contributed by atoms with E-state index < -0.39 is 5.82 Å². The molecule has 0 aliphatic heterocycles. The first-order chi connectivity index (χ1) is 9.17. The molecule has 2 rings (SSSR count). The van der Waals surface area contributed by atoms with Crippen molar-refractivity contribution in [2.24, 2.45) is 0 Å². The summed E-state index contributed by atoms with van der Waals surface area (Å²) in [6.45, 7) is 2.00. The van der Waals surface area contributed by atoms with Crippen LogP contribution in [-0.2, 0) is 12.8 Å². The highest BCUT2D eigenvalue weighted by molar-refractivity contribution is 7.12. The second-order valence-corrected chi connectivity index (χ2v) is 5.08. The van der Waals surface area contributed by atoms with Crippen LogP contribution in [0.3, 0.4) is 0 Å². The minimum absolute atomic E-state index is 0.0426. The number of hydrogen-bond donors (Lipinski definition) is 0. The van der Waals surface area contributed by atoms with E-state index >= 15 is 0 Å². The summed E-state index contributed by atoms with van der Waals surface area (Å²) >= 11 is 1.41. The molecule has 0 aliphatic rings. The Morgan fingerprint density at radius 2 is 2.11 bits per heavy atom. The fourth-order valence-electron chi connectivity index (χ4n) is 1.96. The van der Waals surface area contributed by atoms with Crippen LogP contribution in [0.1, 0.15) is 27.7 Å². The van der Waals surface area contributed by atoms with E-state index in [0.717, 1.165) is 16.9 Å². The van der Waals surface area contributed by atoms with Crippen LogP contribution in [0, 0.1) is 5.82 Å². The van der Waals surface area contributed by atoms with Gasteiger partial charge in [0, 0.05) is 6.42 Å². The molecule has 0 spiro atoms. The van der Waals surface area contributed by atoms with Crippen LogP contribution in [0.15, 0.2) is 29.6 Å². The quantitative estimate of drug-likeness (QED) is 0.776. The molecular formula is C15H15FO2S. The van der Waals surface area contributed by atoms with Crippen molar-refractivity contribution in [3.8, 4) is 5.75 Å². The molecule has 4 heteroatoms. The van der Waals surface area contributed by atoms with E-state index in [1.807, 2.05) is 18.4 Å². The molecule has 0 radical (unpaired) electrons. The number of halogens is 1. The number of hydrogen-bond acceptors (Lipinski definition) is 3. The van der Waals surface area contributed by atoms with Crippen molar-refractivity contribution in [1.82, 2.24) is 0 Å². The van der Waals surface area contributed by atoms with Gasteiger partial charge in [0.1, 0.15) is 0 Å². The number of carbonyl (C=O) groups excluding carboxylic acids is 1. The van der Waals surface area contributed by atoms with Gasteiger partial charge in [0.25, 0.3) is 0 Å². The van der Waals surface area contributed by atoms with E-state index in [2.05, 4.69) is 0 Å². The van der Waals surface area contributed by atoms with Crippen LogP contribution in [0.2, 0.25) is 0 Å². The lowest BCUT2D eigenvalue weighted by Crippen LogP contribution is -2.06. The van der Waals surface area contributed by atoms with Crippen LogP contribution in [0.4, 0.5) is 4.39 Å². The summed E-state index contributed by atoms with van der Waals surface area (Å²) in [5, 5.41) is 1.90. The molecule has 0 N–H and O–H groups in total. The van der Waals surface area contributed by atoms with Crippen molar-refractivity contribution in [2.45, 2.75) is 19.8 Å². The zero-order valence-electron chi connectivity index (χ0n) is 10.9. The first kappa shape index (κ1) is 13.7. The van der Waals surface area contributed by atoms with Gasteiger partial charge in [0.2, 0.25) is 0 Å². The molecule has 0 bridgehead atoms. The monoisotopic (exact) mass is 278 g/mol. The topological polar surface area (TPSA) is 26.3 Å². The zero-order chi connectivity index (χ0) is 13.8. The van der Waals surface area contributed by atoms with Crippen molar-refractivity contribution in [3.63, 3.8) is 0 Å². The highest BCUT2D eigenvalue weighted by Crippen LogP contribution is 2.24.